The van der Waals surface area contributed by atoms with Crippen LogP contribution in [0.2, 0.25) is 0 Å². The van der Waals surface area contributed by atoms with Crippen molar-refractivity contribution in [2.45, 2.75) is 11.7 Å². The second kappa shape index (κ2) is 7.89. The number of anilines is 1. The van der Waals surface area contributed by atoms with Crippen LogP contribution in [-0.4, -0.2) is 72.0 Å². The molecule has 0 spiro atoms. The summed E-state index contributed by atoms with van der Waals surface area (Å²) in [6.07, 6.45) is 1.72. The molecule has 13 heteroatoms. The molecule has 0 bridgehead atoms. The second-order valence-electron chi connectivity index (χ2n) is 7.09. The standard InChI is InChI=1S/C18H18F3N7O2S/c1-31(30)28-9-17(10-28,16(29)25-8-18(19,20)21)27-13-4-6-23-15(26-13)12-7-24-14-11(12)3-2-5-22-14/h2-7H,8-10H2,1H3,(H,22,24)(H,25,29)(H,23,26,27). The molecular formula is C18H18F3N7O2S. The number of amides is 1. The van der Waals surface area contributed by atoms with Gasteiger partial charge in [0.1, 0.15) is 23.5 Å². The first-order valence-electron chi connectivity index (χ1n) is 9.14. The molecule has 0 saturated carbocycles. The Labute approximate surface area is 177 Å². The smallest absolute Gasteiger partial charge is 0.354 e. The Hall–Kier alpha value is -3.06. The lowest BCUT2D eigenvalue weighted by Crippen LogP contribution is -2.73. The number of hydrogen-bond acceptors (Lipinski definition) is 6. The predicted octanol–water partition coefficient (Wildman–Crippen LogP) is 1.46. The number of nitrogens with zero attached hydrogens (tertiary/aromatic N) is 4. The van der Waals surface area contributed by atoms with E-state index in [2.05, 4.69) is 25.3 Å². The lowest BCUT2D eigenvalue weighted by molar-refractivity contribution is -0.143. The van der Waals surface area contributed by atoms with Crippen LogP contribution in [0.4, 0.5) is 19.0 Å². The van der Waals surface area contributed by atoms with Gasteiger partial charge in [0, 0.05) is 48.9 Å². The van der Waals surface area contributed by atoms with Crippen LogP contribution in [0.1, 0.15) is 0 Å². The van der Waals surface area contributed by atoms with Crippen LogP contribution in [0.15, 0.2) is 36.8 Å². The first-order valence-corrected chi connectivity index (χ1v) is 10.7. The molecular weight excluding hydrogens is 435 g/mol. The van der Waals surface area contributed by atoms with Crippen LogP contribution in [0, 0.1) is 0 Å². The fraction of sp³-hybridized carbons (Fsp3) is 0.333. The van der Waals surface area contributed by atoms with E-state index in [1.165, 1.54) is 22.8 Å². The van der Waals surface area contributed by atoms with Crippen LogP contribution in [0.25, 0.3) is 22.4 Å². The van der Waals surface area contributed by atoms with Gasteiger partial charge in [0.25, 0.3) is 0 Å². The van der Waals surface area contributed by atoms with Gasteiger partial charge in [-0.05, 0) is 18.2 Å². The molecule has 1 unspecified atom stereocenters. The molecule has 3 aromatic heterocycles. The molecule has 1 saturated heterocycles. The van der Waals surface area contributed by atoms with Gasteiger partial charge in [0.15, 0.2) is 5.82 Å². The van der Waals surface area contributed by atoms with Gasteiger partial charge in [-0.3, -0.25) is 4.79 Å². The lowest BCUT2D eigenvalue weighted by atomic mass is 9.91. The molecule has 164 valence electrons. The number of nitrogens with one attached hydrogen (secondary N) is 3. The van der Waals surface area contributed by atoms with E-state index in [0.29, 0.717) is 17.0 Å². The summed E-state index contributed by atoms with van der Waals surface area (Å²) in [4.78, 5) is 28.5. The fourth-order valence-corrected chi connectivity index (χ4v) is 4.12. The number of alkyl halides is 3. The summed E-state index contributed by atoms with van der Waals surface area (Å²) in [5.41, 5.74) is -0.0561. The Balaban J connectivity index is 1.60. The Morgan fingerprint density at radius 2 is 2.06 bits per heavy atom. The highest BCUT2D eigenvalue weighted by Gasteiger charge is 2.51. The van der Waals surface area contributed by atoms with Crippen LogP contribution in [0.5, 0.6) is 0 Å². The second-order valence-corrected chi connectivity index (χ2v) is 8.46. The zero-order valence-corrected chi connectivity index (χ0v) is 17.0. The molecule has 0 radical (unpaired) electrons. The highest BCUT2D eigenvalue weighted by molar-refractivity contribution is 7.81. The first kappa shape index (κ1) is 21.2. The van der Waals surface area contributed by atoms with Gasteiger partial charge in [0.05, 0.1) is 11.0 Å². The van der Waals surface area contributed by atoms with Crippen molar-refractivity contribution in [3.8, 4) is 11.4 Å². The Morgan fingerprint density at radius 1 is 1.29 bits per heavy atom. The average Bonchev–Trinajstić information content (AvgIpc) is 3.12. The van der Waals surface area contributed by atoms with Crippen LogP contribution >= 0.6 is 0 Å². The number of H-pyrrole nitrogens is 1. The maximum atomic E-state index is 12.6. The van der Waals surface area contributed by atoms with Crippen molar-refractivity contribution < 1.29 is 22.2 Å². The maximum Gasteiger partial charge on any atom is 0.405 e. The number of pyridine rings is 1. The maximum absolute atomic E-state index is 12.6. The summed E-state index contributed by atoms with van der Waals surface area (Å²) in [6.45, 7) is -1.52. The number of hydrogen-bond donors (Lipinski definition) is 3. The Bertz CT molecular complexity index is 1140. The molecule has 3 N–H and O–H groups in total. The number of aromatic amines is 1. The molecule has 0 aliphatic carbocycles. The van der Waals surface area contributed by atoms with E-state index in [-0.39, 0.29) is 18.9 Å². The molecule has 3 aromatic rings. The van der Waals surface area contributed by atoms with Crippen molar-refractivity contribution in [2.75, 3.05) is 31.2 Å². The minimum absolute atomic E-state index is 0.0316. The van der Waals surface area contributed by atoms with E-state index in [0.717, 1.165) is 5.39 Å². The minimum Gasteiger partial charge on any atom is -0.354 e. The zero-order chi connectivity index (χ0) is 22.2. The van der Waals surface area contributed by atoms with Crippen molar-refractivity contribution in [3.63, 3.8) is 0 Å². The largest absolute Gasteiger partial charge is 0.405 e. The van der Waals surface area contributed by atoms with E-state index in [1.54, 1.807) is 18.5 Å². The first-order chi connectivity index (χ1) is 14.7. The summed E-state index contributed by atoms with van der Waals surface area (Å²) in [7, 11) is -1.36. The topological polar surface area (TPSA) is 116 Å². The van der Waals surface area contributed by atoms with Gasteiger partial charge in [-0.15, -0.1) is 0 Å². The van der Waals surface area contributed by atoms with Gasteiger partial charge in [0.2, 0.25) is 5.91 Å². The molecule has 1 amide bonds. The van der Waals surface area contributed by atoms with Gasteiger partial charge in [-0.25, -0.2) is 23.5 Å². The third-order valence-electron chi connectivity index (χ3n) is 4.86. The SMILES string of the molecule is CS(=O)N1CC(Nc2ccnc(-c3c[nH]c4ncccc34)n2)(C(=O)NCC(F)(F)F)C1. The van der Waals surface area contributed by atoms with Crippen molar-refractivity contribution >= 4 is 33.7 Å². The third-order valence-corrected chi connectivity index (χ3v) is 5.84. The quantitative estimate of drug-likeness (QED) is 0.521. The van der Waals surface area contributed by atoms with E-state index in [4.69, 9.17) is 0 Å². The molecule has 31 heavy (non-hydrogen) atoms. The van der Waals surface area contributed by atoms with E-state index < -0.39 is 35.2 Å². The summed E-state index contributed by atoms with van der Waals surface area (Å²) in [6, 6.07) is 5.14. The van der Waals surface area contributed by atoms with Crippen LogP contribution in [0.3, 0.4) is 0 Å². The number of rotatable bonds is 6. The molecule has 1 aliphatic heterocycles. The van der Waals surface area contributed by atoms with Crippen molar-refractivity contribution in [2.24, 2.45) is 0 Å². The van der Waals surface area contributed by atoms with Crippen molar-refractivity contribution in [3.05, 3.63) is 36.8 Å². The number of halogens is 3. The molecule has 9 nitrogen and oxygen atoms in total. The Morgan fingerprint density at radius 3 is 2.77 bits per heavy atom. The van der Waals surface area contributed by atoms with Crippen LogP contribution < -0.4 is 10.6 Å². The van der Waals surface area contributed by atoms with Gasteiger partial charge < -0.3 is 15.6 Å². The lowest BCUT2D eigenvalue weighted by Gasteiger charge is -2.47. The normalized spacial score (nSPS) is 17.2. The molecule has 4 rings (SSSR count). The van der Waals surface area contributed by atoms with E-state index >= 15 is 0 Å². The summed E-state index contributed by atoms with van der Waals surface area (Å²) >= 11 is 0. The average molecular weight is 453 g/mol. The molecule has 1 fully saturated rings. The van der Waals surface area contributed by atoms with Crippen molar-refractivity contribution in [1.82, 2.24) is 29.6 Å². The summed E-state index contributed by atoms with van der Waals surface area (Å²) in [5, 5.41) is 5.63. The van der Waals surface area contributed by atoms with Crippen LogP contribution in [-0.2, 0) is 15.8 Å². The molecule has 1 aliphatic rings. The molecule has 1 atom stereocenters. The number of aromatic nitrogens is 4. The molecule has 0 aromatic carbocycles. The number of carbonyl (C=O) groups is 1. The predicted molar refractivity (Wildman–Crippen MR) is 108 cm³/mol. The summed E-state index contributed by atoms with van der Waals surface area (Å²) < 4.78 is 50.9. The number of fused-ring (bicyclic) bond motifs is 1. The third kappa shape index (κ3) is 4.37. The van der Waals surface area contributed by atoms with E-state index in [1.807, 2.05) is 11.4 Å². The minimum atomic E-state index is -4.54. The van der Waals surface area contributed by atoms with E-state index in [9.17, 15) is 22.2 Å². The zero-order valence-electron chi connectivity index (χ0n) is 16.2. The molecule has 4 heterocycles. The van der Waals surface area contributed by atoms with Gasteiger partial charge in [-0.1, -0.05) is 0 Å². The summed E-state index contributed by atoms with van der Waals surface area (Å²) in [5.74, 6) is -0.236. The van der Waals surface area contributed by atoms with Gasteiger partial charge >= 0.3 is 6.18 Å². The fourth-order valence-electron chi connectivity index (χ4n) is 3.31. The number of carbonyl (C=O) groups excluding carboxylic acids is 1. The monoisotopic (exact) mass is 453 g/mol. The highest BCUT2D eigenvalue weighted by atomic mass is 32.2. The highest BCUT2D eigenvalue weighted by Crippen LogP contribution is 2.29. The van der Waals surface area contributed by atoms with Gasteiger partial charge in [-0.2, -0.15) is 13.2 Å². The van der Waals surface area contributed by atoms with Crippen molar-refractivity contribution in [1.29, 1.82) is 0 Å². The Kier molecular flexibility index (Phi) is 5.39.